The van der Waals surface area contributed by atoms with E-state index in [9.17, 15) is 4.79 Å². The summed E-state index contributed by atoms with van der Waals surface area (Å²) < 4.78 is 17.5. The van der Waals surface area contributed by atoms with E-state index in [0.717, 1.165) is 17.5 Å². The minimum Gasteiger partial charge on any atom is -0.494 e. The lowest BCUT2D eigenvalue weighted by Crippen LogP contribution is -2.37. The molecule has 176 valence electrons. The third-order valence-electron chi connectivity index (χ3n) is 5.76. The summed E-state index contributed by atoms with van der Waals surface area (Å²) in [6.45, 7) is 2.72. The Labute approximate surface area is 210 Å². The maximum Gasteiger partial charge on any atom is 0.266 e. The topological polar surface area (TPSA) is 77.7 Å². The lowest BCUT2D eigenvalue weighted by Gasteiger charge is -2.23. The lowest BCUT2D eigenvalue weighted by atomic mass is 10.0. The number of amides is 1. The van der Waals surface area contributed by atoms with Crippen LogP contribution in [0, 0.1) is 6.92 Å². The van der Waals surface area contributed by atoms with Crippen molar-refractivity contribution in [3.05, 3.63) is 57.8 Å². The molecule has 0 bridgehead atoms. The first kappa shape index (κ1) is 23.1. The van der Waals surface area contributed by atoms with Crippen LogP contribution >= 0.6 is 34.5 Å². The van der Waals surface area contributed by atoms with Gasteiger partial charge in [-0.15, -0.1) is 0 Å². The van der Waals surface area contributed by atoms with Crippen LogP contribution in [0.4, 0.5) is 5.13 Å². The molecule has 1 fully saturated rings. The number of anilines is 1. The summed E-state index contributed by atoms with van der Waals surface area (Å²) in [5, 5.41) is 5.68. The standard InChI is InChI=1S/C24H21Cl2N3O4S/c1-13-19(20(28-33-13)15-7-3-4-8-16(15)25)23(30)29(12-14-6-5-11-32-14)24-27-21-18(31-2)10-9-17(26)22(21)34-24/h3-4,7-10,14H,5-6,11-12H2,1-2H3. The van der Waals surface area contributed by atoms with Gasteiger partial charge in [0.2, 0.25) is 0 Å². The fourth-order valence-corrected chi connectivity index (χ4v) is 5.55. The second-order valence-corrected chi connectivity index (χ2v) is 9.71. The average molecular weight is 518 g/mol. The highest BCUT2D eigenvalue weighted by molar-refractivity contribution is 7.23. The summed E-state index contributed by atoms with van der Waals surface area (Å²) in [7, 11) is 1.58. The van der Waals surface area contributed by atoms with Crippen molar-refractivity contribution in [3.63, 3.8) is 0 Å². The van der Waals surface area contributed by atoms with E-state index in [0.29, 0.717) is 62.2 Å². The Morgan fingerprint density at radius 2 is 2.06 bits per heavy atom. The van der Waals surface area contributed by atoms with Crippen LogP contribution in [0.5, 0.6) is 5.75 Å². The molecule has 2 aromatic heterocycles. The molecule has 1 unspecified atom stereocenters. The Balaban J connectivity index is 1.63. The van der Waals surface area contributed by atoms with Gasteiger partial charge in [-0.1, -0.05) is 57.9 Å². The van der Waals surface area contributed by atoms with Gasteiger partial charge < -0.3 is 14.0 Å². The molecule has 7 nitrogen and oxygen atoms in total. The molecular weight excluding hydrogens is 497 g/mol. The molecule has 1 aliphatic rings. The first-order valence-corrected chi connectivity index (χ1v) is 12.3. The van der Waals surface area contributed by atoms with Crippen molar-refractivity contribution >= 4 is 55.8 Å². The van der Waals surface area contributed by atoms with Crippen molar-refractivity contribution < 1.29 is 18.8 Å². The van der Waals surface area contributed by atoms with E-state index in [2.05, 4.69) is 5.16 Å². The zero-order valence-electron chi connectivity index (χ0n) is 18.5. The molecule has 1 amide bonds. The lowest BCUT2D eigenvalue weighted by molar-refractivity contribution is 0.0916. The highest BCUT2D eigenvalue weighted by atomic mass is 35.5. The number of thiazole rings is 1. The van der Waals surface area contributed by atoms with Crippen LogP contribution in [0.25, 0.3) is 21.5 Å². The van der Waals surface area contributed by atoms with Crippen molar-refractivity contribution in [2.45, 2.75) is 25.9 Å². The van der Waals surface area contributed by atoms with Crippen molar-refractivity contribution in [2.24, 2.45) is 0 Å². The van der Waals surface area contributed by atoms with Gasteiger partial charge in [0, 0.05) is 12.2 Å². The monoisotopic (exact) mass is 517 g/mol. The van der Waals surface area contributed by atoms with E-state index in [-0.39, 0.29) is 12.0 Å². The Bertz CT molecular complexity index is 1360. The molecule has 0 radical (unpaired) electrons. The summed E-state index contributed by atoms with van der Waals surface area (Å²) in [6, 6.07) is 10.7. The molecule has 0 N–H and O–H groups in total. The first-order chi connectivity index (χ1) is 16.5. The van der Waals surface area contributed by atoms with E-state index in [1.165, 1.54) is 11.3 Å². The molecule has 0 saturated carbocycles. The molecule has 1 atom stereocenters. The number of halogens is 2. The number of carbonyl (C=O) groups is 1. The number of nitrogens with zero attached hydrogens (tertiary/aromatic N) is 3. The number of hydrogen-bond acceptors (Lipinski definition) is 7. The Morgan fingerprint density at radius 3 is 2.79 bits per heavy atom. The molecule has 0 spiro atoms. The maximum absolute atomic E-state index is 14.1. The van der Waals surface area contributed by atoms with Gasteiger partial charge in [-0.3, -0.25) is 9.69 Å². The highest BCUT2D eigenvalue weighted by Gasteiger charge is 2.32. The molecule has 10 heteroatoms. The molecule has 4 aromatic rings. The summed E-state index contributed by atoms with van der Waals surface area (Å²) in [6.07, 6.45) is 1.71. The SMILES string of the molecule is COc1ccc(Cl)c2sc(N(CC3CCCO3)C(=O)c3c(-c4ccccc4Cl)noc3C)nc12. The predicted octanol–water partition coefficient (Wildman–Crippen LogP) is 6.40. The fourth-order valence-electron chi connectivity index (χ4n) is 4.06. The summed E-state index contributed by atoms with van der Waals surface area (Å²) in [4.78, 5) is 20.4. The van der Waals surface area contributed by atoms with Gasteiger partial charge in [0.15, 0.2) is 5.13 Å². The van der Waals surface area contributed by atoms with Crippen LogP contribution in [0.15, 0.2) is 40.9 Å². The number of aromatic nitrogens is 2. The van der Waals surface area contributed by atoms with Crippen LogP contribution in [-0.4, -0.2) is 42.4 Å². The van der Waals surface area contributed by atoms with Gasteiger partial charge >= 0.3 is 0 Å². The van der Waals surface area contributed by atoms with E-state index in [1.54, 1.807) is 37.1 Å². The van der Waals surface area contributed by atoms with Gasteiger partial charge in [0.1, 0.15) is 28.3 Å². The second-order valence-electron chi connectivity index (χ2n) is 7.92. The minimum atomic E-state index is -0.293. The second kappa shape index (κ2) is 9.54. The number of fused-ring (bicyclic) bond motifs is 1. The smallest absolute Gasteiger partial charge is 0.266 e. The molecule has 1 saturated heterocycles. The van der Waals surface area contributed by atoms with Crippen molar-refractivity contribution in [2.75, 3.05) is 25.2 Å². The van der Waals surface area contributed by atoms with E-state index >= 15 is 0 Å². The Kier molecular flexibility index (Phi) is 6.48. The number of carbonyl (C=O) groups excluding carboxylic acids is 1. The van der Waals surface area contributed by atoms with Crippen LogP contribution in [0.1, 0.15) is 29.0 Å². The van der Waals surface area contributed by atoms with Gasteiger partial charge in [0.05, 0.1) is 34.5 Å². The predicted molar refractivity (Wildman–Crippen MR) is 134 cm³/mol. The summed E-state index contributed by atoms with van der Waals surface area (Å²) >= 11 is 14.2. The number of hydrogen-bond donors (Lipinski definition) is 0. The quantitative estimate of drug-likeness (QED) is 0.294. The Hall–Kier alpha value is -2.65. The van der Waals surface area contributed by atoms with Crippen LogP contribution < -0.4 is 9.64 Å². The molecule has 0 aliphatic carbocycles. The van der Waals surface area contributed by atoms with Crippen molar-refractivity contribution in [1.82, 2.24) is 10.1 Å². The number of ether oxygens (including phenoxy) is 2. The van der Waals surface area contributed by atoms with Gasteiger partial charge in [0.25, 0.3) is 5.91 Å². The van der Waals surface area contributed by atoms with Crippen LogP contribution in [0.3, 0.4) is 0 Å². The van der Waals surface area contributed by atoms with Crippen LogP contribution in [0.2, 0.25) is 10.0 Å². The third kappa shape index (κ3) is 4.15. The normalized spacial score (nSPS) is 15.7. The molecule has 34 heavy (non-hydrogen) atoms. The third-order valence-corrected chi connectivity index (χ3v) is 7.63. The number of methoxy groups -OCH3 is 1. The van der Waals surface area contributed by atoms with E-state index in [1.807, 2.05) is 18.2 Å². The zero-order chi connectivity index (χ0) is 23.8. The highest BCUT2D eigenvalue weighted by Crippen LogP contribution is 2.40. The van der Waals surface area contributed by atoms with Gasteiger partial charge in [-0.2, -0.15) is 0 Å². The molecule has 2 aromatic carbocycles. The number of benzene rings is 2. The fraction of sp³-hybridized carbons (Fsp3) is 0.292. The zero-order valence-corrected chi connectivity index (χ0v) is 20.8. The summed E-state index contributed by atoms with van der Waals surface area (Å²) in [5.41, 5.74) is 1.95. The Morgan fingerprint density at radius 1 is 1.24 bits per heavy atom. The summed E-state index contributed by atoms with van der Waals surface area (Å²) in [5.74, 6) is 0.691. The van der Waals surface area contributed by atoms with E-state index < -0.39 is 0 Å². The molecule has 5 rings (SSSR count). The van der Waals surface area contributed by atoms with E-state index in [4.69, 9.17) is 42.2 Å². The van der Waals surface area contributed by atoms with Crippen molar-refractivity contribution in [3.8, 4) is 17.0 Å². The molecule has 3 heterocycles. The molecule has 1 aliphatic heterocycles. The molecular formula is C24H21Cl2N3O4S. The number of aryl methyl sites for hydroxylation is 1. The van der Waals surface area contributed by atoms with Gasteiger partial charge in [-0.25, -0.2) is 4.98 Å². The van der Waals surface area contributed by atoms with Crippen molar-refractivity contribution in [1.29, 1.82) is 0 Å². The number of rotatable bonds is 6. The van der Waals surface area contributed by atoms with Gasteiger partial charge in [-0.05, 0) is 38.0 Å². The van der Waals surface area contributed by atoms with Crippen LogP contribution in [-0.2, 0) is 4.74 Å². The largest absolute Gasteiger partial charge is 0.494 e. The maximum atomic E-state index is 14.1. The first-order valence-electron chi connectivity index (χ1n) is 10.8. The minimum absolute atomic E-state index is 0.0998. The average Bonchev–Trinajstić information content (AvgIpc) is 3.58.